The van der Waals surface area contributed by atoms with Crippen LogP contribution in [0.1, 0.15) is 5.56 Å². The van der Waals surface area contributed by atoms with E-state index in [0.717, 1.165) is 11.3 Å². The van der Waals surface area contributed by atoms with Gasteiger partial charge in [-0.1, -0.05) is 18.2 Å². The molecule has 0 bridgehead atoms. The van der Waals surface area contributed by atoms with E-state index in [0.29, 0.717) is 0 Å². The quantitative estimate of drug-likeness (QED) is 0.438. The lowest BCUT2D eigenvalue weighted by molar-refractivity contribution is -0.149. The highest BCUT2D eigenvalue weighted by Crippen LogP contribution is 2.12. The van der Waals surface area contributed by atoms with Gasteiger partial charge >= 0.3 is 5.97 Å². The van der Waals surface area contributed by atoms with Crippen molar-refractivity contribution in [2.24, 2.45) is 0 Å². The molecule has 0 fully saturated rings. The molecule has 0 heterocycles. The van der Waals surface area contributed by atoms with Crippen LogP contribution in [-0.4, -0.2) is 26.0 Å². The van der Waals surface area contributed by atoms with Gasteiger partial charge in [0.05, 0.1) is 14.2 Å². The topological polar surface area (TPSA) is 52.6 Å². The Balaban J connectivity index is 2.69. The maximum absolute atomic E-state index is 11.1. The van der Waals surface area contributed by atoms with Crippen molar-refractivity contribution < 1.29 is 19.1 Å². The molecule has 16 heavy (non-hydrogen) atoms. The van der Waals surface area contributed by atoms with Gasteiger partial charge in [-0.15, -0.1) is 0 Å². The molecule has 1 rings (SSSR count). The van der Waals surface area contributed by atoms with Crippen LogP contribution in [0.25, 0.3) is 6.08 Å². The zero-order valence-corrected chi connectivity index (χ0v) is 9.10. The summed E-state index contributed by atoms with van der Waals surface area (Å²) in [5.41, 5.74) is 0.804. The molecule has 0 atom stereocenters. The molecule has 0 spiro atoms. The summed E-state index contributed by atoms with van der Waals surface area (Å²) in [6.07, 6.45) is 2.71. The highest BCUT2D eigenvalue weighted by Gasteiger charge is 2.08. The van der Waals surface area contributed by atoms with Gasteiger partial charge in [0.15, 0.2) is 0 Å². The molecular formula is C12H12O4. The summed E-state index contributed by atoms with van der Waals surface area (Å²) in [6.45, 7) is 0. The number of carbonyl (C=O) groups is 2. The Kier molecular flexibility index (Phi) is 4.27. The molecule has 1 aromatic carbocycles. The minimum Gasteiger partial charge on any atom is -0.497 e. The Morgan fingerprint density at radius 2 is 1.75 bits per heavy atom. The summed E-state index contributed by atoms with van der Waals surface area (Å²) in [7, 11) is 2.74. The Morgan fingerprint density at radius 1 is 1.12 bits per heavy atom. The van der Waals surface area contributed by atoms with E-state index >= 15 is 0 Å². The van der Waals surface area contributed by atoms with E-state index < -0.39 is 11.8 Å². The summed E-state index contributed by atoms with van der Waals surface area (Å²) in [5.74, 6) is -0.820. The average molecular weight is 220 g/mol. The first kappa shape index (κ1) is 12.0. The number of rotatable bonds is 4. The lowest BCUT2D eigenvalue weighted by Gasteiger charge is -1.98. The van der Waals surface area contributed by atoms with Gasteiger partial charge in [0, 0.05) is 0 Å². The van der Waals surface area contributed by atoms with Crippen LogP contribution in [0.2, 0.25) is 0 Å². The van der Waals surface area contributed by atoms with E-state index in [1.807, 2.05) is 0 Å². The molecule has 0 saturated carbocycles. The molecule has 0 radical (unpaired) electrons. The molecule has 0 aliphatic rings. The summed E-state index contributed by atoms with van der Waals surface area (Å²) in [4.78, 5) is 21.9. The minimum atomic E-state index is -0.871. The highest BCUT2D eigenvalue weighted by molar-refractivity contribution is 6.39. The Hall–Kier alpha value is -2.10. The molecule has 4 nitrogen and oxygen atoms in total. The molecule has 0 aliphatic heterocycles. The van der Waals surface area contributed by atoms with E-state index in [9.17, 15) is 9.59 Å². The number of carbonyl (C=O) groups excluding carboxylic acids is 2. The first-order valence-electron chi connectivity index (χ1n) is 4.62. The van der Waals surface area contributed by atoms with Crippen LogP contribution in [0, 0.1) is 0 Å². The first-order chi connectivity index (χ1) is 7.67. The molecule has 4 heteroatoms. The number of hydrogen-bond donors (Lipinski definition) is 0. The number of esters is 1. The van der Waals surface area contributed by atoms with Crippen molar-refractivity contribution >= 4 is 17.8 Å². The highest BCUT2D eigenvalue weighted by atomic mass is 16.5. The molecule has 0 aliphatic carbocycles. The van der Waals surface area contributed by atoms with Crippen molar-refractivity contribution in [3.8, 4) is 5.75 Å². The predicted octanol–water partition coefficient (Wildman–Crippen LogP) is 1.45. The van der Waals surface area contributed by atoms with Crippen LogP contribution >= 0.6 is 0 Å². The fraction of sp³-hybridized carbons (Fsp3) is 0.167. The average Bonchev–Trinajstić information content (AvgIpc) is 2.35. The monoisotopic (exact) mass is 220 g/mol. The van der Waals surface area contributed by atoms with Crippen molar-refractivity contribution in [1.82, 2.24) is 0 Å². The standard InChI is InChI=1S/C12H12O4/c1-15-10-6-3-9(4-7-10)5-8-11(13)12(14)16-2/h3-8H,1-2H3. The Labute approximate surface area is 93.5 Å². The summed E-state index contributed by atoms with van der Waals surface area (Å²) < 4.78 is 9.26. The van der Waals surface area contributed by atoms with Gasteiger partial charge in [-0.05, 0) is 23.8 Å². The second kappa shape index (κ2) is 5.70. The van der Waals surface area contributed by atoms with Gasteiger partial charge in [-0.2, -0.15) is 0 Å². The Morgan fingerprint density at radius 3 is 2.25 bits per heavy atom. The maximum Gasteiger partial charge on any atom is 0.378 e. The minimum absolute atomic E-state index is 0.682. The van der Waals surface area contributed by atoms with Crippen molar-refractivity contribution in [3.63, 3.8) is 0 Å². The van der Waals surface area contributed by atoms with E-state index in [1.54, 1.807) is 37.5 Å². The number of methoxy groups -OCH3 is 2. The van der Waals surface area contributed by atoms with Gasteiger partial charge < -0.3 is 9.47 Å². The van der Waals surface area contributed by atoms with Crippen LogP contribution in [0.3, 0.4) is 0 Å². The van der Waals surface area contributed by atoms with Crippen LogP contribution in [0.4, 0.5) is 0 Å². The van der Waals surface area contributed by atoms with Crippen molar-refractivity contribution in [3.05, 3.63) is 35.9 Å². The Bertz CT molecular complexity index is 404. The zero-order chi connectivity index (χ0) is 12.0. The summed E-state index contributed by atoms with van der Waals surface area (Å²) in [5, 5.41) is 0. The van der Waals surface area contributed by atoms with Gasteiger partial charge in [-0.25, -0.2) is 4.79 Å². The number of ketones is 1. The number of ether oxygens (including phenoxy) is 2. The van der Waals surface area contributed by atoms with Crippen molar-refractivity contribution in [2.45, 2.75) is 0 Å². The van der Waals surface area contributed by atoms with Gasteiger partial charge in [-0.3, -0.25) is 4.79 Å². The van der Waals surface area contributed by atoms with Crippen molar-refractivity contribution in [1.29, 1.82) is 0 Å². The van der Waals surface area contributed by atoms with Crippen LogP contribution in [0.5, 0.6) is 5.75 Å². The molecule has 0 saturated heterocycles. The normalized spacial score (nSPS) is 10.1. The molecule has 0 amide bonds. The maximum atomic E-state index is 11.1. The number of hydrogen-bond acceptors (Lipinski definition) is 4. The van der Waals surface area contributed by atoms with Crippen LogP contribution < -0.4 is 4.74 Å². The smallest absolute Gasteiger partial charge is 0.378 e. The van der Waals surface area contributed by atoms with E-state index in [2.05, 4.69) is 4.74 Å². The van der Waals surface area contributed by atoms with Crippen LogP contribution in [0.15, 0.2) is 30.3 Å². The molecule has 1 aromatic rings. The first-order valence-corrected chi connectivity index (χ1v) is 4.62. The zero-order valence-electron chi connectivity index (χ0n) is 9.10. The molecule has 0 aromatic heterocycles. The predicted molar refractivity (Wildman–Crippen MR) is 59.1 cm³/mol. The number of benzene rings is 1. The largest absolute Gasteiger partial charge is 0.497 e. The third kappa shape index (κ3) is 3.24. The van der Waals surface area contributed by atoms with Gasteiger partial charge in [0.25, 0.3) is 5.78 Å². The fourth-order valence-corrected chi connectivity index (χ4v) is 1.06. The second-order valence-electron chi connectivity index (χ2n) is 2.96. The van der Waals surface area contributed by atoms with Gasteiger partial charge in [0.1, 0.15) is 5.75 Å². The van der Waals surface area contributed by atoms with Crippen LogP contribution in [-0.2, 0) is 14.3 Å². The molecule has 84 valence electrons. The molecule has 0 unspecified atom stereocenters. The molecular weight excluding hydrogens is 208 g/mol. The van der Waals surface area contributed by atoms with E-state index in [4.69, 9.17) is 4.74 Å². The lowest BCUT2D eigenvalue weighted by Crippen LogP contribution is -2.11. The fourth-order valence-electron chi connectivity index (χ4n) is 1.06. The third-order valence-corrected chi connectivity index (χ3v) is 1.93. The van der Waals surface area contributed by atoms with E-state index in [-0.39, 0.29) is 0 Å². The summed E-state index contributed by atoms with van der Waals surface area (Å²) >= 11 is 0. The third-order valence-electron chi connectivity index (χ3n) is 1.93. The lowest BCUT2D eigenvalue weighted by atomic mass is 10.2. The van der Waals surface area contributed by atoms with Gasteiger partial charge in [0.2, 0.25) is 0 Å². The van der Waals surface area contributed by atoms with E-state index in [1.165, 1.54) is 13.2 Å². The summed E-state index contributed by atoms with van der Waals surface area (Å²) in [6, 6.07) is 7.09. The SMILES string of the molecule is COC(=O)C(=O)C=Cc1ccc(OC)cc1. The van der Waals surface area contributed by atoms with Crippen molar-refractivity contribution in [2.75, 3.05) is 14.2 Å². The molecule has 0 N–H and O–H groups in total. The second-order valence-corrected chi connectivity index (χ2v) is 2.96.